The summed E-state index contributed by atoms with van der Waals surface area (Å²) >= 11 is 0. The van der Waals surface area contributed by atoms with Crippen LogP contribution >= 0.6 is 0 Å². The maximum absolute atomic E-state index is 16.6. The van der Waals surface area contributed by atoms with Crippen LogP contribution in [0.25, 0.3) is 33.1 Å². The SMILES string of the molecule is C#Cc1cccc2cc(O)cc(-c3nnc4c(N5C[C@@H]6C[C@H]5CN6)nc(C#C[C@@]56CCCN5C[C@H](F)C6)nc4c3F)c12. The molecule has 0 unspecified atom stereocenters. The number of phenolic OH excluding ortho intramolecular Hbond substituents is 1. The highest BCUT2D eigenvalue weighted by atomic mass is 19.1. The molecule has 210 valence electrons. The van der Waals surface area contributed by atoms with Crippen molar-refractivity contribution in [3.8, 4) is 41.2 Å². The standard InChI is InChI=1S/C32H27F2N7O/c1-2-18-5-3-6-19-11-23(42)13-24(26(18)19)28-27(34)29-30(39-38-28)31(41-17-21-12-22(41)15-35-21)37-25(36-29)7-9-32-8-4-10-40(32)16-20(33)14-32/h1,3,5-6,11,13,20-22,35,42H,4,8,10,12,14-17H2/t20-,21+,22+,32-/m1/s1. The van der Waals surface area contributed by atoms with Gasteiger partial charge in [0, 0.05) is 54.7 Å². The van der Waals surface area contributed by atoms with E-state index in [1.54, 1.807) is 24.3 Å². The molecule has 4 fully saturated rings. The van der Waals surface area contributed by atoms with Gasteiger partial charge in [0.15, 0.2) is 17.2 Å². The number of aromatic hydroxyl groups is 1. The van der Waals surface area contributed by atoms with Crippen molar-refractivity contribution in [2.45, 2.75) is 49.5 Å². The average Bonchev–Trinajstić information content (AvgIpc) is 3.77. The molecule has 42 heavy (non-hydrogen) atoms. The fourth-order valence-electron chi connectivity index (χ4n) is 7.38. The van der Waals surface area contributed by atoms with Crippen LogP contribution in [0.3, 0.4) is 0 Å². The fourth-order valence-corrected chi connectivity index (χ4v) is 7.38. The summed E-state index contributed by atoms with van der Waals surface area (Å²) in [6.45, 7) is 2.70. The van der Waals surface area contributed by atoms with Crippen molar-refractivity contribution < 1.29 is 13.9 Å². The molecule has 4 aromatic rings. The molecule has 2 N–H and O–H groups in total. The lowest BCUT2D eigenvalue weighted by Gasteiger charge is -2.29. The van der Waals surface area contributed by atoms with Crippen LogP contribution in [0.5, 0.6) is 5.75 Å². The number of hydrogen-bond acceptors (Lipinski definition) is 8. The molecular formula is C32H27F2N7O. The van der Waals surface area contributed by atoms with E-state index in [-0.39, 0.29) is 34.3 Å². The van der Waals surface area contributed by atoms with Crippen LogP contribution in [0, 0.1) is 30.0 Å². The first-order valence-electron chi connectivity index (χ1n) is 14.3. The number of terminal acetylenes is 1. The molecule has 4 saturated heterocycles. The predicted octanol–water partition coefficient (Wildman–Crippen LogP) is 3.54. The zero-order valence-electron chi connectivity index (χ0n) is 22.7. The molecule has 2 aromatic heterocycles. The number of aromatic nitrogens is 4. The van der Waals surface area contributed by atoms with E-state index in [4.69, 9.17) is 11.4 Å². The zero-order valence-corrected chi connectivity index (χ0v) is 22.7. The van der Waals surface area contributed by atoms with Crippen molar-refractivity contribution in [3.05, 3.63) is 47.5 Å². The van der Waals surface area contributed by atoms with Crippen LogP contribution in [0.15, 0.2) is 30.3 Å². The summed E-state index contributed by atoms with van der Waals surface area (Å²) in [5, 5.41) is 24.0. The predicted molar refractivity (Wildman–Crippen MR) is 155 cm³/mol. The zero-order chi connectivity index (χ0) is 28.6. The molecule has 4 atom stereocenters. The third-order valence-electron chi connectivity index (χ3n) is 9.24. The van der Waals surface area contributed by atoms with Gasteiger partial charge in [-0.15, -0.1) is 16.6 Å². The van der Waals surface area contributed by atoms with Crippen LogP contribution in [-0.2, 0) is 0 Å². The van der Waals surface area contributed by atoms with Crippen molar-refractivity contribution >= 4 is 27.6 Å². The number of halogens is 2. The van der Waals surface area contributed by atoms with Crippen LogP contribution in [0.2, 0.25) is 0 Å². The number of nitrogens with zero attached hydrogens (tertiary/aromatic N) is 6. The second kappa shape index (κ2) is 9.32. The van der Waals surface area contributed by atoms with Crippen molar-refractivity contribution in [2.75, 3.05) is 31.1 Å². The Labute approximate surface area is 241 Å². The van der Waals surface area contributed by atoms with Crippen molar-refractivity contribution in [3.63, 3.8) is 0 Å². The highest BCUT2D eigenvalue weighted by Gasteiger charge is 2.48. The molecule has 4 aliphatic rings. The second-order valence-corrected chi connectivity index (χ2v) is 11.8. The maximum atomic E-state index is 16.6. The molecular weight excluding hydrogens is 536 g/mol. The summed E-state index contributed by atoms with van der Waals surface area (Å²) in [5.74, 6) is 8.98. The number of phenols is 1. The van der Waals surface area contributed by atoms with Crippen molar-refractivity contribution in [1.82, 2.24) is 30.4 Å². The molecule has 6 heterocycles. The normalized spacial score (nSPS) is 26.5. The number of alkyl halides is 1. The summed E-state index contributed by atoms with van der Waals surface area (Å²) < 4.78 is 31.0. The number of rotatable bonds is 2. The van der Waals surface area contributed by atoms with Crippen LogP contribution in [-0.4, -0.2) is 80.1 Å². The molecule has 8 nitrogen and oxygen atoms in total. The van der Waals surface area contributed by atoms with E-state index in [2.05, 4.69) is 48.1 Å². The Bertz CT molecular complexity index is 1900. The Morgan fingerprint density at radius 3 is 2.86 bits per heavy atom. The maximum Gasteiger partial charge on any atom is 0.207 e. The van der Waals surface area contributed by atoms with Crippen molar-refractivity contribution in [1.29, 1.82) is 0 Å². The lowest BCUT2D eigenvalue weighted by Crippen LogP contribution is -2.44. The van der Waals surface area contributed by atoms with E-state index in [0.717, 1.165) is 32.4 Å². The Balaban J connectivity index is 1.33. The summed E-state index contributed by atoms with van der Waals surface area (Å²) in [7, 11) is 0. The second-order valence-electron chi connectivity index (χ2n) is 11.8. The van der Waals surface area contributed by atoms with Gasteiger partial charge in [0.05, 0.1) is 5.54 Å². The minimum Gasteiger partial charge on any atom is -0.508 e. The van der Waals surface area contributed by atoms with E-state index in [1.807, 2.05) is 0 Å². The lowest BCUT2D eigenvalue weighted by atomic mass is 9.94. The molecule has 0 aliphatic carbocycles. The quantitative estimate of drug-likeness (QED) is 0.358. The first-order valence-corrected chi connectivity index (χ1v) is 14.3. The number of nitrogens with one attached hydrogen (secondary N) is 1. The fraction of sp³-hybridized carbons (Fsp3) is 0.375. The highest BCUT2D eigenvalue weighted by Crippen LogP contribution is 2.40. The van der Waals surface area contributed by atoms with E-state index in [0.29, 0.717) is 53.3 Å². The van der Waals surface area contributed by atoms with Crippen LogP contribution in [0.4, 0.5) is 14.6 Å². The van der Waals surface area contributed by atoms with E-state index >= 15 is 4.39 Å². The first-order chi connectivity index (χ1) is 20.4. The van der Waals surface area contributed by atoms with E-state index < -0.39 is 17.5 Å². The van der Waals surface area contributed by atoms with Gasteiger partial charge < -0.3 is 15.3 Å². The Morgan fingerprint density at radius 2 is 2.05 bits per heavy atom. The van der Waals surface area contributed by atoms with E-state index in [9.17, 15) is 9.50 Å². The van der Waals surface area contributed by atoms with Gasteiger partial charge in [0.1, 0.15) is 23.1 Å². The van der Waals surface area contributed by atoms with Gasteiger partial charge in [-0.05, 0) is 55.3 Å². The Kier molecular flexibility index (Phi) is 5.62. The molecule has 0 saturated carbocycles. The smallest absolute Gasteiger partial charge is 0.207 e. The van der Waals surface area contributed by atoms with Gasteiger partial charge in [-0.3, -0.25) is 4.90 Å². The molecule has 0 amide bonds. The number of hydrogen-bond donors (Lipinski definition) is 2. The molecule has 10 heteroatoms. The monoisotopic (exact) mass is 563 g/mol. The molecule has 8 rings (SSSR count). The van der Waals surface area contributed by atoms with Crippen LogP contribution in [0.1, 0.15) is 37.1 Å². The average molecular weight is 564 g/mol. The Hall–Kier alpha value is -4.38. The topological polar surface area (TPSA) is 90.3 Å². The van der Waals surface area contributed by atoms with E-state index in [1.165, 1.54) is 6.07 Å². The summed E-state index contributed by atoms with van der Waals surface area (Å²) in [6.07, 6.45) is 7.93. The summed E-state index contributed by atoms with van der Waals surface area (Å²) in [6, 6.07) is 8.87. The van der Waals surface area contributed by atoms with Gasteiger partial charge in [-0.25, -0.2) is 18.7 Å². The number of piperazine rings is 1. The number of benzene rings is 2. The summed E-state index contributed by atoms with van der Waals surface area (Å²) in [5.41, 5.74) is 0.499. The minimum atomic E-state index is -0.916. The highest BCUT2D eigenvalue weighted by molar-refractivity contribution is 6.02. The van der Waals surface area contributed by atoms with Gasteiger partial charge >= 0.3 is 0 Å². The molecule has 2 bridgehead atoms. The largest absolute Gasteiger partial charge is 0.508 e. The molecule has 0 spiro atoms. The molecule has 4 aliphatic heterocycles. The van der Waals surface area contributed by atoms with Gasteiger partial charge in [0.25, 0.3) is 0 Å². The lowest BCUT2D eigenvalue weighted by molar-refractivity contribution is 0.255. The van der Waals surface area contributed by atoms with Gasteiger partial charge in [-0.2, -0.15) is 0 Å². The first kappa shape index (κ1) is 25.3. The third kappa shape index (κ3) is 3.83. The van der Waals surface area contributed by atoms with Gasteiger partial charge in [-0.1, -0.05) is 24.0 Å². The van der Waals surface area contributed by atoms with Crippen molar-refractivity contribution in [2.24, 2.45) is 0 Å². The number of fused-ring (bicyclic) bond motifs is 5. The summed E-state index contributed by atoms with van der Waals surface area (Å²) in [4.78, 5) is 13.6. The molecule has 0 radical (unpaired) electrons. The molecule has 2 aromatic carbocycles. The minimum absolute atomic E-state index is 0.00437. The Morgan fingerprint density at radius 1 is 1.14 bits per heavy atom. The number of anilines is 1. The van der Waals surface area contributed by atoms with Crippen LogP contribution < -0.4 is 10.2 Å². The van der Waals surface area contributed by atoms with Gasteiger partial charge in [0.2, 0.25) is 5.82 Å². The third-order valence-corrected chi connectivity index (χ3v) is 9.24.